The zero-order chi connectivity index (χ0) is 35.9. The van der Waals surface area contributed by atoms with Crippen LogP contribution in [0.4, 0.5) is 14.5 Å². The Morgan fingerprint density at radius 1 is 0.780 bits per heavy atom. The quantitative estimate of drug-likeness (QED) is 0.0871. The average molecular weight is 693 g/mol. The molecule has 8 N–H and O–H groups in total. The second kappa shape index (κ2) is 16.6. The lowest BCUT2D eigenvalue weighted by molar-refractivity contribution is -0.131. The van der Waals surface area contributed by atoms with Crippen LogP contribution in [0.15, 0.2) is 97.1 Å². The van der Waals surface area contributed by atoms with Crippen LogP contribution in [-0.2, 0) is 17.8 Å². The summed E-state index contributed by atoms with van der Waals surface area (Å²) >= 11 is 0. The second-order valence-corrected chi connectivity index (χ2v) is 12.6. The summed E-state index contributed by atoms with van der Waals surface area (Å²) in [4.78, 5) is 15.0. The van der Waals surface area contributed by atoms with Crippen molar-refractivity contribution in [2.45, 2.75) is 68.5 Å². The lowest BCUT2D eigenvalue weighted by Crippen LogP contribution is -2.55. The molecular formula is C38H42F2N2O8. The third-order valence-electron chi connectivity index (χ3n) is 9.13. The van der Waals surface area contributed by atoms with E-state index in [1.165, 1.54) is 36.4 Å². The minimum Gasteiger partial charge on any atom is -0.489 e. The molecule has 1 saturated heterocycles. The summed E-state index contributed by atoms with van der Waals surface area (Å²) in [5, 5.41) is 59.7. The van der Waals surface area contributed by atoms with Gasteiger partial charge in [-0.15, -0.1) is 0 Å². The van der Waals surface area contributed by atoms with Crippen molar-refractivity contribution < 1.29 is 49.0 Å². The van der Waals surface area contributed by atoms with Crippen LogP contribution < -0.4 is 15.4 Å². The molecular weight excluding hydrogens is 650 g/mol. The smallest absolute Gasteiger partial charge is 0.233 e. The molecule has 0 saturated carbocycles. The third-order valence-corrected chi connectivity index (χ3v) is 9.13. The fraction of sp³-hybridized carbons (Fsp3) is 0.342. The van der Waals surface area contributed by atoms with E-state index >= 15 is 0 Å². The highest BCUT2D eigenvalue weighted by atomic mass is 19.1. The molecule has 1 heterocycles. The monoisotopic (exact) mass is 692 g/mol. The number of aliphatic hydroxyl groups excluding tert-OH is 6. The van der Waals surface area contributed by atoms with Gasteiger partial charge in [-0.05, 0) is 90.0 Å². The predicted molar refractivity (Wildman–Crippen MR) is 181 cm³/mol. The first kappa shape index (κ1) is 37.0. The maximum Gasteiger partial charge on any atom is 0.233 e. The number of aliphatic hydroxyl groups is 6. The van der Waals surface area contributed by atoms with Gasteiger partial charge in [0, 0.05) is 11.7 Å². The highest BCUT2D eigenvalue weighted by Gasteiger charge is 2.48. The largest absolute Gasteiger partial charge is 0.489 e. The number of β-lactam (4-membered cyclic amide) rings is 1. The average Bonchev–Trinajstić information content (AvgIpc) is 3.13. The summed E-state index contributed by atoms with van der Waals surface area (Å²) in [5.41, 5.74) is 9.56. The van der Waals surface area contributed by atoms with Crippen LogP contribution in [0.25, 0.3) is 0 Å². The van der Waals surface area contributed by atoms with E-state index < -0.39 is 60.7 Å². The predicted octanol–water partition coefficient (Wildman–Crippen LogP) is 3.07. The Hall–Kier alpha value is -4.27. The van der Waals surface area contributed by atoms with Crippen LogP contribution in [0.3, 0.4) is 0 Å². The fourth-order valence-electron chi connectivity index (χ4n) is 6.25. The Kier molecular flexibility index (Phi) is 12.3. The van der Waals surface area contributed by atoms with E-state index in [9.17, 15) is 39.1 Å². The van der Waals surface area contributed by atoms with Crippen LogP contribution in [0.1, 0.15) is 47.2 Å². The molecule has 1 aliphatic rings. The number of hydrogen-bond acceptors (Lipinski definition) is 9. The molecule has 0 aromatic heterocycles. The van der Waals surface area contributed by atoms with Gasteiger partial charge >= 0.3 is 0 Å². The summed E-state index contributed by atoms with van der Waals surface area (Å²) in [6.07, 6.45) is -6.77. The summed E-state index contributed by atoms with van der Waals surface area (Å²) in [5.74, 6) is -0.848. The molecule has 0 radical (unpaired) electrons. The van der Waals surface area contributed by atoms with Crippen LogP contribution in [0.2, 0.25) is 0 Å². The lowest BCUT2D eigenvalue weighted by Gasteiger charge is -2.48. The van der Waals surface area contributed by atoms with Gasteiger partial charge in [-0.25, -0.2) is 8.78 Å². The number of ether oxygens (including phenoxy) is 1. The van der Waals surface area contributed by atoms with E-state index in [-0.39, 0.29) is 31.4 Å². The molecule has 266 valence electrons. The number of carbonyl (C=O) groups excluding carboxylic acids is 1. The summed E-state index contributed by atoms with van der Waals surface area (Å²) in [6.45, 7) is -0.590. The molecule has 0 bridgehead atoms. The molecule has 0 spiro atoms. The zero-order valence-electron chi connectivity index (χ0n) is 27.2. The molecule has 0 aliphatic carbocycles. The second-order valence-electron chi connectivity index (χ2n) is 12.6. The molecule has 5 rings (SSSR count). The van der Waals surface area contributed by atoms with Gasteiger partial charge in [-0.3, -0.25) is 4.79 Å². The van der Waals surface area contributed by atoms with Crippen molar-refractivity contribution in [1.29, 1.82) is 0 Å². The number of carbonyl (C=O) groups is 1. The van der Waals surface area contributed by atoms with E-state index in [4.69, 9.17) is 15.6 Å². The summed E-state index contributed by atoms with van der Waals surface area (Å²) < 4.78 is 33.1. The normalized spacial score (nSPS) is 19.6. The van der Waals surface area contributed by atoms with Gasteiger partial charge < -0.3 is 46.0 Å². The van der Waals surface area contributed by atoms with E-state index in [1.54, 1.807) is 41.3 Å². The molecule has 1 aliphatic heterocycles. The summed E-state index contributed by atoms with van der Waals surface area (Å²) in [7, 11) is 0. The minimum atomic E-state index is -1.77. The van der Waals surface area contributed by atoms with Crippen molar-refractivity contribution in [2.75, 3.05) is 11.5 Å². The number of nitrogens with zero attached hydrogens (tertiary/aromatic N) is 1. The molecule has 12 heteroatoms. The lowest BCUT2D eigenvalue weighted by atomic mass is 9.78. The highest BCUT2D eigenvalue weighted by molar-refractivity contribution is 6.03. The molecule has 1 fully saturated rings. The van der Waals surface area contributed by atoms with Crippen LogP contribution in [0, 0.1) is 17.6 Å². The van der Waals surface area contributed by atoms with Gasteiger partial charge in [0.2, 0.25) is 5.91 Å². The molecule has 4 aromatic carbocycles. The molecule has 1 amide bonds. The number of rotatable bonds is 16. The van der Waals surface area contributed by atoms with E-state index in [2.05, 4.69) is 0 Å². The topological polar surface area (TPSA) is 177 Å². The van der Waals surface area contributed by atoms with Crippen molar-refractivity contribution in [3.63, 3.8) is 0 Å². The number of halogens is 2. The third kappa shape index (κ3) is 8.71. The zero-order valence-corrected chi connectivity index (χ0v) is 27.2. The Bertz CT molecular complexity index is 1690. The van der Waals surface area contributed by atoms with E-state index in [1.807, 2.05) is 24.3 Å². The minimum absolute atomic E-state index is 0.145. The molecule has 50 heavy (non-hydrogen) atoms. The van der Waals surface area contributed by atoms with Crippen LogP contribution in [0.5, 0.6) is 5.75 Å². The van der Waals surface area contributed by atoms with Crippen LogP contribution in [-0.4, -0.2) is 73.6 Å². The van der Waals surface area contributed by atoms with Crippen molar-refractivity contribution in [3.8, 4) is 5.75 Å². The Balaban J connectivity index is 1.23. The number of nitrogens with two attached hydrogens (primary N) is 1. The first-order chi connectivity index (χ1) is 24.0. The first-order valence-corrected chi connectivity index (χ1v) is 16.4. The highest BCUT2D eigenvalue weighted by Crippen LogP contribution is 2.46. The van der Waals surface area contributed by atoms with Crippen molar-refractivity contribution in [1.82, 2.24) is 0 Å². The van der Waals surface area contributed by atoms with Gasteiger partial charge in [0.1, 0.15) is 42.3 Å². The van der Waals surface area contributed by atoms with Crippen molar-refractivity contribution in [2.24, 2.45) is 11.7 Å². The summed E-state index contributed by atoms with van der Waals surface area (Å²) in [6, 6.07) is 24.5. The standard InChI is InChI=1S/C38H42F2N2O8/c39-26-8-4-24(5-9-26)32(44)17-16-30-34(42(38(30)49)28-12-10-27(40)11-13-28)25-6-14-29(15-7-25)50-21-23-3-1-2-22(18-23)19-31(41)35(46)37(48)36(47)33(45)20-43/h1-15,18,30-37,43-48H,16-17,19-21,41H2. The van der Waals surface area contributed by atoms with Gasteiger partial charge in [0.25, 0.3) is 0 Å². The first-order valence-electron chi connectivity index (χ1n) is 16.4. The van der Waals surface area contributed by atoms with Gasteiger partial charge in [-0.2, -0.15) is 0 Å². The Morgan fingerprint density at radius 2 is 1.40 bits per heavy atom. The molecule has 8 atom stereocenters. The SMILES string of the molecule is NC(Cc1cccc(COc2ccc(C3C(CCC(O)c4ccc(F)cc4)C(=O)N3c3ccc(F)cc3)cc2)c1)C(O)C(O)C(O)C(O)CO. The molecule has 4 aromatic rings. The van der Waals surface area contributed by atoms with E-state index in [0.717, 1.165) is 16.7 Å². The van der Waals surface area contributed by atoms with Crippen molar-refractivity contribution >= 4 is 11.6 Å². The number of hydrogen-bond donors (Lipinski definition) is 7. The van der Waals surface area contributed by atoms with Gasteiger partial charge in [-0.1, -0.05) is 48.5 Å². The van der Waals surface area contributed by atoms with Crippen LogP contribution >= 0.6 is 0 Å². The molecule has 8 unspecified atom stereocenters. The van der Waals surface area contributed by atoms with Gasteiger partial charge in [0.05, 0.1) is 30.8 Å². The maximum absolute atomic E-state index is 13.7. The number of anilines is 1. The number of benzene rings is 4. The Labute approximate surface area is 288 Å². The van der Waals surface area contributed by atoms with Gasteiger partial charge in [0.15, 0.2) is 0 Å². The fourth-order valence-corrected chi connectivity index (χ4v) is 6.25. The number of amides is 1. The van der Waals surface area contributed by atoms with E-state index in [0.29, 0.717) is 23.4 Å². The Morgan fingerprint density at radius 3 is 2.04 bits per heavy atom. The molecule has 10 nitrogen and oxygen atoms in total. The maximum atomic E-state index is 13.7. The van der Waals surface area contributed by atoms with Crippen molar-refractivity contribution in [3.05, 3.63) is 131 Å².